The van der Waals surface area contributed by atoms with Gasteiger partial charge >= 0.3 is 0 Å². The van der Waals surface area contributed by atoms with Gasteiger partial charge in [0.25, 0.3) is 5.91 Å². The van der Waals surface area contributed by atoms with E-state index in [-0.39, 0.29) is 11.3 Å². The minimum absolute atomic E-state index is 0.0481. The maximum atomic E-state index is 12.3. The van der Waals surface area contributed by atoms with Gasteiger partial charge in [-0.2, -0.15) is 0 Å². The first-order valence-electron chi connectivity index (χ1n) is 7.71. The number of nitrogens with one attached hydrogen (secondary N) is 1. The Morgan fingerprint density at radius 2 is 2.10 bits per heavy atom. The molecule has 0 radical (unpaired) electrons. The molecule has 0 spiro atoms. The van der Waals surface area contributed by atoms with Crippen LogP contribution in [-0.2, 0) is 6.42 Å². The SMILES string of the molecule is COc1ccc(CCC2CC2)nc1C(=O)NCC(C)(C)C. The summed E-state index contributed by atoms with van der Waals surface area (Å²) in [6.07, 6.45) is 4.79. The largest absolute Gasteiger partial charge is 0.494 e. The standard InChI is InChI=1S/C17H26N2O2/c1-17(2,3)11-18-16(20)15-14(21-4)10-9-13(19-15)8-7-12-5-6-12/h9-10,12H,5-8,11H2,1-4H3,(H,18,20). The van der Waals surface area contributed by atoms with Crippen LogP contribution in [0.15, 0.2) is 12.1 Å². The van der Waals surface area contributed by atoms with Gasteiger partial charge in [0.15, 0.2) is 5.69 Å². The van der Waals surface area contributed by atoms with Crippen molar-refractivity contribution in [3.63, 3.8) is 0 Å². The molecule has 1 heterocycles. The van der Waals surface area contributed by atoms with E-state index in [1.165, 1.54) is 19.3 Å². The number of aromatic nitrogens is 1. The van der Waals surface area contributed by atoms with E-state index < -0.39 is 0 Å². The van der Waals surface area contributed by atoms with Crippen LogP contribution in [0.1, 0.15) is 56.2 Å². The third-order valence-corrected chi connectivity index (χ3v) is 3.64. The monoisotopic (exact) mass is 290 g/mol. The summed E-state index contributed by atoms with van der Waals surface area (Å²) in [6.45, 7) is 6.88. The van der Waals surface area contributed by atoms with E-state index in [0.29, 0.717) is 18.0 Å². The van der Waals surface area contributed by atoms with Crippen LogP contribution < -0.4 is 10.1 Å². The Hall–Kier alpha value is -1.58. The molecule has 1 fully saturated rings. The Kier molecular flexibility index (Phi) is 4.86. The fraction of sp³-hybridized carbons (Fsp3) is 0.647. The molecule has 4 nitrogen and oxygen atoms in total. The highest BCUT2D eigenvalue weighted by Crippen LogP contribution is 2.33. The second kappa shape index (κ2) is 6.46. The van der Waals surface area contributed by atoms with E-state index in [4.69, 9.17) is 4.74 Å². The quantitative estimate of drug-likeness (QED) is 0.875. The fourth-order valence-corrected chi connectivity index (χ4v) is 2.14. The summed E-state index contributed by atoms with van der Waals surface area (Å²) in [6, 6.07) is 3.81. The van der Waals surface area contributed by atoms with Crippen molar-refractivity contribution in [2.75, 3.05) is 13.7 Å². The summed E-state index contributed by atoms with van der Waals surface area (Å²) in [7, 11) is 1.57. The first-order chi connectivity index (χ1) is 9.89. The summed E-state index contributed by atoms with van der Waals surface area (Å²) in [5.41, 5.74) is 1.42. The highest BCUT2D eigenvalue weighted by atomic mass is 16.5. The lowest BCUT2D eigenvalue weighted by molar-refractivity contribution is 0.0930. The smallest absolute Gasteiger partial charge is 0.273 e. The van der Waals surface area contributed by atoms with Gasteiger partial charge in [0.05, 0.1) is 7.11 Å². The van der Waals surface area contributed by atoms with Gasteiger partial charge < -0.3 is 10.1 Å². The van der Waals surface area contributed by atoms with E-state index in [2.05, 4.69) is 31.1 Å². The van der Waals surface area contributed by atoms with Crippen molar-refractivity contribution in [1.29, 1.82) is 0 Å². The molecule has 0 unspecified atom stereocenters. The summed E-state index contributed by atoms with van der Waals surface area (Å²) in [5, 5.41) is 2.94. The number of methoxy groups -OCH3 is 1. The lowest BCUT2D eigenvalue weighted by Gasteiger charge is -2.19. The number of aryl methyl sites for hydroxylation is 1. The van der Waals surface area contributed by atoms with Crippen LogP contribution in [0, 0.1) is 11.3 Å². The molecule has 2 rings (SSSR count). The molecule has 1 aliphatic carbocycles. The Morgan fingerprint density at radius 1 is 1.38 bits per heavy atom. The van der Waals surface area contributed by atoms with Gasteiger partial charge in [0.1, 0.15) is 5.75 Å². The molecule has 0 aromatic carbocycles. The van der Waals surface area contributed by atoms with Crippen LogP contribution in [0.5, 0.6) is 5.75 Å². The molecule has 1 aromatic rings. The van der Waals surface area contributed by atoms with Crippen molar-refractivity contribution in [3.05, 3.63) is 23.5 Å². The normalized spacial score (nSPS) is 14.9. The lowest BCUT2D eigenvalue weighted by Crippen LogP contribution is -2.33. The molecule has 1 N–H and O–H groups in total. The second-order valence-corrected chi connectivity index (χ2v) is 7.08. The topological polar surface area (TPSA) is 51.2 Å². The highest BCUT2D eigenvalue weighted by Gasteiger charge is 2.22. The van der Waals surface area contributed by atoms with Gasteiger partial charge in [-0.1, -0.05) is 33.6 Å². The zero-order chi connectivity index (χ0) is 15.5. The summed E-state index contributed by atoms with van der Waals surface area (Å²) < 4.78 is 5.27. The van der Waals surface area contributed by atoms with Crippen molar-refractivity contribution in [2.45, 2.75) is 46.5 Å². The number of pyridine rings is 1. The zero-order valence-corrected chi connectivity index (χ0v) is 13.5. The van der Waals surface area contributed by atoms with Crippen LogP contribution >= 0.6 is 0 Å². The molecule has 21 heavy (non-hydrogen) atoms. The average Bonchev–Trinajstić information content (AvgIpc) is 3.25. The predicted molar refractivity (Wildman–Crippen MR) is 83.6 cm³/mol. The minimum Gasteiger partial charge on any atom is -0.494 e. The summed E-state index contributed by atoms with van der Waals surface area (Å²) >= 11 is 0. The predicted octanol–water partition coefficient (Wildman–Crippen LogP) is 3.21. The van der Waals surface area contributed by atoms with Crippen molar-refractivity contribution < 1.29 is 9.53 Å². The van der Waals surface area contributed by atoms with E-state index in [9.17, 15) is 4.79 Å². The lowest BCUT2D eigenvalue weighted by atomic mass is 9.97. The molecular formula is C17H26N2O2. The van der Waals surface area contributed by atoms with Gasteiger partial charge in [-0.15, -0.1) is 0 Å². The third-order valence-electron chi connectivity index (χ3n) is 3.64. The van der Waals surface area contributed by atoms with Crippen molar-refractivity contribution in [1.82, 2.24) is 10.3 Å². The Balaban J connectivity index is 2.06. The maximum Gasteiger partial charge on any atom is 0.273 e. The van der Waals surface area contributed by atoms with Crippen molar-refractivity contribution in [3.8, 4) is 5.75 Å². The number of amides is 1. The molecule has 116 valence electrons. The molecule has 4 heteroatoms. The minimum atomic E-state index is -0.157. The van der Waals surface area contributed by atoms with Gasteiger partial charge in [0.2, 0.25) is 0 Å². The number of ether oxygens (including phenoxy) is 1. The number of hydrogen-bond acceptors (Lipinski definition) is 3. The maximum absolute atomic E-state index is 12.3. The van der Waals surface area contributed by atoms with Crippen LogP contribution in [0.2, 0.25) is 0 Å². The van der Waals surface area contributed by atoms with E-state index in [1.807, 2.05) is 12.1 Å². The van der Waals surface area contributed by atoms with E-state index >= 15 is 0 Å². The van der Waals surface area contributed by atoms with E-state index in [1.54, 1.807) is 7.11 Å². The first kappa shape index (κ1) is 15.8. The Labute approximate surface area is 127 Å². The fourth-order valence-electron chi connectivity index (χ4n) is 2.14. The molecule has 1 aromatic heterocycles. The first-order valence-corrected chi connectivity index (χ1v) is 7.71. The van der Waals surface area contributed by atoms with Crippen molar-refractivity contribution in [2.24, 2.45) is 11.3 Å². The molecular weight excluding hydrogens is 264 g/mol. The number of carbonyl (C=O) groups excluding carboxylic acids is 1. The number of rotatable bonds is 6. The van der Waals surface area contributed by atoms with Crippen LogP contribution in [0.4, 0.5) is 0 Å². The molecule has 1 saturated carbocycles. The van der Waals surface area contributed by atoms with Crippen LogP contribution in [-0.4, -0.2) is 24.5 Å². The average molecular weight is 290 g/mol. The van der Waals surface area contributed by atoms with Gasteiger partial charge in [-0.05, 0) is 36.3 Å². The van der Waals surface area contributed by atoms with Gasteiger partial charge in [-0.3, -0.25) is 4.79 Å². The Bertz CT molecular complexity index is 502. The molecule has 0 aliphatic heterocycles. The highest BCUT2D eigenvalue weighted by molar-refractivity contribution is 5.95. The molecule has 1 amide bonds. The number of carbonyl (C=O) groups is 1. The number of hydrogen-bond donors (Lipinski definition) is 1. The third kappa shape index (κ3) is 5.03. The molecule has 1 aliphatic rings. The van der Waals surface area contributed by atoms with Gasteiger partial charge in [-0.25, -0.2) is 4.98 Å². The van der Waals surface area contributed by atoms with Crippen molar-refractivity contribution >= 4 is 5.91 Å². The molecule has 0 saturated heterocycles. The van der Waals surface area contributed by atoms with Gasteiger partial charge in [0, 0.05) is 12.2 Å². The summed E-state index contributed by atoms with van der Waals surface area (Å²) in [5.74, 6) is 1.25. The summed E-state index contributed by atoms with van der Waals surface area (Å²) in [4.78, 5) is 16.8. The Morgan fingerprint density at radius 3 is 2.67 bits per heavy atom. The zero-order valence-electron chi connectivity index (χ0n) is 13.5. The van der Waals surface area contributed by atoms with E-state index in [0.717, 1.165) is 18.0 Å². The second-order valence-electron chi connectivity index (χ2n) is 7.08. The molecule has 0 atom stereocenters. The van der Waals surface area contributed by atoms with Crippen LogP contribution in [0.3, 0.4) is 0 Å². The van der Waals surface area contributed by atoms with Crippen LogP contribution in [0.25, 0.3) is 0 Å². The molecule has 0 bridgehead atoms. The number of nitrogens with zero attached hydrogens (tertiary/aromatic N) is 1.